The first-order valence-corrected chi connectivity index (χ1v) is 9.15. The molecule has 0 bridgehead atoms. The Labute approximate surface area is 158 Å². The minimum atomic E-state index is -0.419. The smallest absolute Gasteiger partial charge is 0.241 e. The van der Waals surface area contributed by atoms with Crippen LogP contribution in [0.2, 0.25) is 0 Å². The molecule has 0 saturated carbocycles. The van der Waals surface area contributed by atoms with Gasteiger partial charge in [-0.15, -0.1) is 0 Å². The van der Waals surface area contributed by atoms with Gasteiger partial charge in [-0.25, -0.2) is 10.9 Å². The number of hydrogen-bond donors (Lipinski definition) is 4. The van der Waals surface area contributed by atoms with Crippen LogP contribution in [0.25, 0.3) is 0 Å². The molecule has 7 heteroatoms. The molecule has 2 aromatic carbocycles. The fourth-order valence-corrected chi connectivity index (χ4v) is 3.17. The van der Waals surface area contributed by atoms with Crippen LogP contribution in [0.4, 0.5) is 5.69 Å². The molecule has 1 fully saturated rings. The first-order chi connectivity index (χ1) is 13.1. The summed E-state index contributed by atoms with van der Waals surface area (Å²) in [6.45, 7) is 4.57. The summed E-state index contributed by atoms with van der Waals surface area (Å²) in [4.78, 5) is 12.5. The molecule has 0 aromatic heterocycles. The zero-order valence-corrected chi connectivity index (χ0v) is 15.4. The average molecular weight is 368 g/mol. The van der Waals surface area contributed by atoms with E-state index in [-0.39, 0.29) is 18.7 Å². The maximum atomic E-state index is 12.5. The van der Waals surface area contributed by atoms with Crippen molar-refractivity contribution in [1.29, 1.82) is 0 Å². The molecule has 2 unspecified atom stereocenters. The molecule has 2 aromatic rings. The minimum Gasteiger partial charge on any atom is -0.454 e. The first kappa shape index (κ1) is 17.6. The molecule has 142 valence electrons. The van der Waals surface area contributed by atoms with Gasteiger partial charge in [0.2, 0.25) is 12.7 Å². The molecule has 2 heterocycles. The van der Waals surface area contributed by atoms with Crippen LogP contribution in [0.5, 0.6) is 11.5 Å². The van der Waals surface area contributed by atoms with Crippen molar-refractivity contribution in [3.63, 3.8) is 0 Å². The number of carbonyl (C=O) groups excluding carboxylic acids is 1. The van der Waals surface area contributed by atoms with Crippen molar-refractivity contribution in [2.45, 2.75) is 38.5 Å². The topological polar surface area (TPSA) is 83.7 Å². The highest BCUT2D eigenvalue weighted by Crippen LogP contribution is 2.34. The summed E-state index contributed by atoms with van der Waals surface area (Å²) >= 11 is 0. The van der Waals surface area contributed by atoms with Crippen molar-refractivity contribution < 1.29 is 14.3 Å². The van der Waals surface area contributed by atoms with Crippen LogP contribution in [0.1, 0.15) is 30.9 Å². The lowest BCUT2D eigenvalue weighted by molar-refractivity contribution is -0.126. The maximum absolute atomic E-state index is 12.5. The number of ether oxygens (including phenoxy) is 2. The summed E-state index contributed by atoms with van der Waals surface area (Å²) in [6, 6.07) is 13.7. The van der Waals surface area contributed by atoms with Crippen molar-refractivity contribution in [1.82, 2.24) is 16.2 Å². The van der Waals surface area contributed by atoms with Gasteiger partial charge in [0.1, 0.15) is 6.04 Å². The summed E-state index contributed by atoms with van der Waals surface area (Å²) in [5.41, 5.74) is 9.44. The molecule has 1 amide bonds. The average Bonchev–Trinajstić information content (AvgIpc) is 3.12. The maximum Gasteiger partial charge on any atom is 0.241 e. The first-order valence-electron chi connectivity index (χ1n) is 9.15. The molecule has 4 N–H and O–H groups in total. The molecule has 27 heavy (non-hydrogen) atoms. The van der Waals surface area contributed by atoms with E-state index in [4.69, 9.17) is 9.47 Å². The van der Waals surface area contributed by atoms with Crippen molar-refractivity contribution in [2.75, 3.05) is 12.1 Å². The Bertz CT molecular complexity index is 822. The molecule has 0 spiro atoms. The predicted octanol–water partition coefficient (Wildman–Crippen LogP) is 2.07. The van der Waals surface area contributed by atoms with Crippen LogP contribution in [-0.2, 0) is 11.2 Å². The van der Waals surface area contributed by atoms with Gasteiger partial charge in [0.25, 0.3) is 0 Å². The zero-order valence-electron chi connectivity index (χ0n) is 15.4. The lowest BCUT2D eigenvalue weighted by atomic mass is 9.99. The van der Waals surface area contributed by atoms with Crippen LogP contribution in [0.15, 0.2) is 42.5 Å². The molecule has 4 rings (SSSR count). The summed E-state index contributed by atoms with van der Waals surface area (Å²) < 4.78 is 10.7. The fraction of sp³-hybridized carbons (Fsp3) is 0.350. The fourth-order valence-electron chi connectivity index (χ4n) is 3.17. The standard InChI is InChI=1S/C20H24N4O3/c1-12(2)14-5-3-13(4-6-14)9-16-19(25)22-20(24-23-16)21-15-7-8-17-18(10-15)27-11-26-17/h3-8,10,12,16,20-21,23-24H,9,11H2,1-2H3,(H,22,25). The monoisotopic (exact) mass is 368 g/mol. The van der Waals surface area contributed by atoms with E-state index < -0.39 is 6.29 Å². The number of benzene rings is 2. The van der Waals surface area contributed by atoms with Gasteiger partial charge in [-0.2, -0.15) is 0 Å². The molecule has 0 aliphatic carbocycles. The number of fused-ring (bicyclic) bond motifs is 1. The Balaban J connectivity index is 1.33. The Morgan fingerprint density at radius 2 is 1.85 bits per heavy atom. The van der Waals surface area contributed by atoms with Gasteiger partial charge in [0.05, 0.1) is 0 Å². The van der Waals surface area contributed by atoms with Crippen molar-refractivity contribution >= 4 is 11.6 Å². The molecule has 0 radical (unpaired) electrons. The van der Waals surface area contributed by atoms with Crippen LogP contribution in [-0.4, -0.2) is 25.0 Å². The van der Waals surface area contributed by atoms with Crippen LogP contribution < -0.4 is 31.0 Å². The number of anilines is 1. The molecule has 1 saturated heterocycles. The highest BCUT2D eigenvalue weighted by atomic mass is 16.7. The molecule has 2 aliphatic rings. The Hall–Kier alpha value is -2.77. The molecule has 7 nitrogen and oxygen atoms in total. The van der Waals surface area contributed by atoms with Gasteiger partial charge in [-0.3, -0.25) is 4.79 Å². The van der Waals surface area contributed by atoms with Gasteiger partial charge in [0.15, 0.2) is 17.8 Å². The van der Waals surface area contributed by atoms with Crippen LogP contribution in [0.3, 0.4) is 0 Å². The number of nitrogens with one attached hydrogen (secondary N) is 4. The third kappa shape index (κ3) is 3.99. The lowest BCUT2D eigenvalue weighted by Gasteiger charge is -2.32. The molecular weight excluding hydrogens is 344 g/mol. The second-order valence-corrected chi connectivity index (χ2v) is 7.10. The summed E-state index contributed by atoms with van der Waals surface area (Å²) in [5, 5.41) is 6.14. The number of carbonyl (C=O) groups is 1. The molecular formula is C20H24N4O3. The van der Waals surface area contributed by atoms with Crippen molar-refractivity contribution in [3.05, 3.63) is 53.6 Å². The van der Waals surface area contributed by atoms with E-state index >= 15 is 0 Å². The minimum absolute atomic E-state index is 0.0556. The number of rotatable bonds is 5. The Morgan fingerprint density at radius 1 is 1.07 bits per heavy atom. The third-order valence-corrected chi connectivity index (χ3v) is 4.77. The second kappa shape index (κ2) is 7.46. The SMILES string of the molecule is CC(C)c1ccc(CC2NNC(Nc3ccc4c(c3)OCO4)NC2=O)cc1. The number of hydrazine groups is 1. The molecule has 2 atom stereocenters. The van der Waals surface area contributed by atoms with Crippen LogP contribution >= 0.6 is 0 Å². The van der Waals surface area contributed by atoms with Gasteiger partial charge < -0.3 is 20.1 Å². The number of amides is 1. The van der Waals surface area contributed by atoms with E-state index in [1.54, 1.807) is 0 Å². The van der Waals surface area contributed by atoms with E-state index in [2.05, 4.69) is 59.6 Å². The number of hydrogen-bond acceptors (Lipinski definition) is 6. The van der Waals surface area contributed by atoms with E-state index in [0.717, 1.165) is 17.0 Å². The lowest BCUT2D eigenvalue weighted by Crippen LogP contribution is -2.68. The van der Waals surface area contributed by atoms with Crippen molar-refractivity contribution in [3.8, 4) is 11.5 Å². The largest absolute Gasteiger partial charge is 0.454 e. The zero-order chi connectivity index (χ0) is 18.8. The van der Waals surface area contributed by atoms with Crippen LogP contribution in [0, 0.1) is 0 Å². The van der Waals surface area contributed by atoms with E-state index in [1.807, 2.05) is 18.2 Å². The predicted molar refractivity (Wildman–Crippen MR) is 102 cm³/mol. The van der Waals surface area contributed by atoms with E-state index in [9.17, 15) is 4.79 Å². The highest BCUT2D eigenvalue weighted by Gasteiger charge is 2.27. The van der Waals surface area contributed by atoms with Crippen molar-refractivity contribution in [2.24, 2.45) is 0 Å². The normalized spacial score (nSPS) is 21.2. The Kier molecular flexibility index (Phi) is 4.87. The summed E-state index contributed by atoms with van der Waals surface area (Å²) in [7, 11) is 0. The van der Waals surface area contributed by atoms with Gasteiger partial charge >= 0.3 is 0 Å². The molecule has 2 aliphatic heterocycles. The summed E-state index contributed by atoms with van der Waals surface area (Å²) in [6.07, 6.45) is 0.200. The summed E-state index contributed by atoms with van der Waals surface area (Å²) in [5.74, 6) is 1.86. The van der Waals surface area contributed by atoms with Gasteiger partial charge in [0, 0.05) is 11.8 Å². The quantitative estimate of drug-likeness (QED) is 0.647. The highest BCUT2D eigenvalue weighted by molar-refractivity contribution is 5.83. The second-order valence-electron chi connectivity index (χ2n) is 7.10. The van der Waals surface area contributed by atoms with Gasteiger partial charge in [-0.1, -0.05) is 38.1 Å². The van der Waals surface area contributed by atoms with E-state index in [0.29, 0.717) is 18.1 Å². The van der Waals surface area contributed by atoms with Gasteiger partial charge in [-0.05, 0) is 35.6 Å². The third-order valence-electron chi connectivity index (χ3n) is 4.77. The van der Waals surface area contributed by atoms with E-state index in [1.165, 1.54) is 5.56 Å². The Morgan fingerprint density at radius 3 is 2.59 bits per heavy atom.